The van der Waals surface area contributed by atoms with E-state index in [0.717, 1.165) is 17.0 Å². The van der Waals surface area contributed by atoms with Crippen molar-refractivity contribution in [3.63, 3.8) is 0 Å². The van der Waals surface area contributed by atoms with Gasteiger partial charge in [0.05, 0.1) is 45.4 Å². The minimum atomic E-state index is -4.15. The average molecular weight is 539 g/mol. The predicted molar refractivity (Wildman–Crippen MR) is 134 cm³/mol. The molecule has 0 aliphatic heterocycles. The van der Waals surface area contributed by atoms with E-state index in [9.17, 15) is 26.9 Å². The van der Waals surface area contributed by atoms with Crippen LogP contribution in [-0.2, 0) is 31.1 Å². The first-order valence-corrected chi connectivity index (χ1v) is 13.9. The summed E-state index contributed by atoms with van der Waals surface area (Å²) < 4.78 is 59.5. The average Bonchev–Trinajstić information content (AvgIpc) is 3.26. The number of hydrogen-bond acceptors (Lipinski definition) is 8. The summed E-state index contributed by atoms with van der Waals surface area (Å²) in [5.41, 5.74) is 0.766. The molecular formula is C25H22N4O6S2. The lowest BCUT2D eigenvalue weighted by atomic mass is 10.1. The summed E-state index contributed by atoms with van der Waals surface area (Å²) in [5, 5.41) is 9.33. The number of fused-ring (bicyclic) bond motifs is 1. The number of nitrogens with zero attached hydrogens (tertiary/aromatic N) is 3. The molecule has 0 amide bonds. The normalized spacial score (nSPS) is 11.9. The molecule has 4 rings (SSSR count). The number of sulfonamides is 1. The number of carbonyl (C=O) groups excluding carboxylic acids is 1. The van der Waals surface area contributed by atoms with Gasteiger partial charge in [0.2, 0.25) is 19.9 Å². The highest BCUT2D eigenvalue weighted by Crippen LogP contribution is 2.33. The summed E-state index contributed by atoms with van der Waals surface area (Å²) in [6, 6.07) is 16.9. The molecule has 2 heterocycles. The maximum absolute atomic E-state index is 13.5. The molecule has 10 nitrogen and oxygen atoms in total. The maximum Gasteiger partial charge on any atom is 0.340 e. The molecule has 190 valence electrons. The standard InChI is InChI=1S/C25H22N4O6S2/c1-17-8-10-19(11-9-17)37(33,34)29(15-13-26)16-20-22(25(30)35-2)23-21(12-14-27-24(23)28-20)36(31,32)18-6-4-3-5-7-18/h3-12,14H,15-16H2,1-2H3,(H,27,28). The van der Waals surface area contributed by atoms with E-state index >= 15 is 0 Å². The number of benzene rings is 2. The maximum atomic E-state index is 13.5. The third kappa shape index (κ3) is 4.84. The zero-order valence-corrected chi connectivity index (χ0v) is 21.5. The molecule has 0 bridgehead atoms. The second-order valence-electron chi connectivity index (χ2n) is 8.06. The number of rotatable bonds is 8. The summed E-state index contributed by atoms with van der Waals surface area (Å²) >= 11 is 0. The van der Waals surface area contributed by atoms with E-state index in [1.165, 1.54) is 36.5 Å². The molecule has 0 aliphatic rings. The lowest BCUT2D eigenvalue weighted by Crippen LogP contribution is -2.31. The summed E-state index contributed by atoms with van der Waals surface area (Å²) in [6.45, 7) is 0.856. The zero-order valence-electron chi connectivity index (χ0n) is 19.9. The van der Waals surface area contributed by atoms with Gasteiger partial charge in [-0.2, -0.15) is 9.57 Å². The van der Waals surface area contributed by atoms with Gasteiger partial charge in [0.15, 0.2) is 0 Å². The highest BCUT2D eigenvalue weighted by atomic mass is 32.2. The van der Waals surface area contributed by atoms with Gasteiger partial charge in [-0.05, 0) is 37.3 Å². The first-order valence-electron chi connectivity index (χ1n) is 10.9. The fourth-order valence-corrected chi connectivity index (χ4v) is 6.66. The zero-order chi connectivity index (χ0) is 26.8. The Morgan fingerprint density at radius 1 is 1.03 bits per heavy atom. The number of H-pyrrole nitrogens is 1. The number of sulfone groups is 1. The van der Waals surface area contributed by atoms with Crippen molar-refractivity contribution in [2.24, 2.45) is 0 Å². The fraction of sp³-hybridized carbons (Fsp3) is 0.160. The Labute approximate surface area is 214 Å². The molecule has 0 fully saturated rings. The van der Waals surface area contributed by atoms with Crippen LogP contribution in [0.3, 0.4) is 0 Å². The molecule has 0 aliphatic carbocycles. The quantitative estimate of drug-likeness (QED) is 0.265. The van der Waals surface area contributed by atoms with Crippen LogP contribution in [-0.4, -0.2) is 50.7 Å². The van der Waals surface area contributed by atoms with Gasteiger partial charge in [-0.15, -0.1) is 0 Å². The van der Waals surface area contributed by atoms with Crippen LogP contribution in [0.1, 0.15) is 21.6 Å². The minimum Gasteiger partial charge on any atom is -0.465 e. The molecular weight excluding hydrogens is 516 g/mol. The van der Waals surface area contributed by atoms with Crippen LogP contribution in [0.2, 0.25) is 0 Å². The highest BCUT2D eigenvalue weighted by molar-refractivity contribution is 7.91. The molecule has 0 saturated heterocycles. The Kier molecular flexibility index (Phi) is 7.13. The van der Waals surface area contributed by atoms with Crippen LogP contribution in [0.4, 0.5) is 0 Å². The van der Waals surface area contributed by atoms with Gasteiger partial charge in [-0.3, -0.25) is 0 Å². The van der Waals surface area contributed by atoms with Crippen molar-refractivity contribution in [2.75, 3.05) is 13.7 Å². The van der Waals surface area contributed by atoms with Gasteiger partial charge in [-0.1, -0.05) is 35.9 Å². The third-order valence-electron chi connectivity index (χ3n) is 5.71. The minimum absolute atomic E-state index is 0.00845. The lowest BCUT2D eigenvalue weighted by molar-refractivity contribution is 0.0601. The molecule has 12 heteroatoms. The van der Waals surface area contributed by atoms with Crippen molar-refractivity contribution in [1.29, 1.82) is 5.26 Å². The summed E-state index contributed by atoms with van der Waals surface area (Å²) in [4.78, 5) is 19.7. The van der Waals surface area contributed by atoms with Crippen LogP contribution in [0.15, 0.2) is 81.5 Å². The predicted octanol–water partition coefficient (Wildman–Crippen LogP) is 3.21. The molecule has 4 aromatic rings. The van der Waals surface area contributed by atoms with E-state index in [1.54, 1.807) is 30.3 Å². The Balaban J connectivity index is 1.91. The van der Waals surface area contributed by atoms with E-state index in [-0.39, 0.29) is 37.0 Å². The van der Waals surface area contributed by atoms with E-state index in [4.69, 9.17) is 4.74 Å². The number of hydrogen-bond donors (Lipinski definition) is 1. The van der Waals surface area contributed by atoms with Crippen molar-refractivity contribution in [3.8, 4) is 6.07 Å². The third-order valence-corrected chi connectivity index (χ3v) is 9.32. The van der Waals surface area contributed by atoms with Crippen molar-refractivity contribution in [1.82, 2.24) is 14.3 Å². The van der Waals surface area contributed by atoms with Crippen LogP contribution >= 0.6 is 0 Å². The number of ether oxygens (including phenoxy) is 1. The van der Waals surface area contributed by atoms with E-state index in [1.807, 2.05) is 13.0 Å². The largest absolute Gasteiger partial charge is 0.465 e. The number of aromatic nitrogens is 2. The SMILES string of the molecule is COC(=O)c1c(CN(CC#N)S(=O)(=O)c2ccc(C)cc2)[nH]c2nccc(S(=O)(=O)c3ccccc3)c12. The van der Waals surface area contributed by atoms with Gasteiger partial charge in [0.1, 0.15) is 12.2 Å². The van der Waals surface area contributed by atoms with Gasteiger partial charge in [0.25, 0.3) is 0 Å². The first kappa shape index (κ1) is 26.0. The number of methoxy groups -OCH3 is 1. The van der Waals surface area contributed by atoms with Crippen LogP contribution in [0.5, 0.6) is 0 Å². The van der Waals surface area contributed by atoms with Gasteiger partial charge >= 0.3 is 5.97 Å². The van der Waals surface area contributed by atoms with Crippen LogP contribution < -0.4 is 0 Å². The number of esters is 1. The first-order chi connectivity index (χ1) is 17.6. The second-order valence-corrected chi connectivity index (χ2v) is 11.9. The van der Waals surface area contributed by atoms with Crippen molar-refractivity contribution in [3.05, 3.63) is 83.7 Å². The number of pyridine rings is 1. The van der Waals surface area contributed by atoms with Crippen molar-refractivity contribution < 1.29 is 26.4 Å². The molecule has 37 heavy (non-hydrogen) atoms. The number of nitriles is 1. The molecule has 1 N–H and O–H groups in total. The van der Waals surface area contributed by atoms with Crippen LogP contribution in [0, 0.1) is 18.3 Å². The van der Waals surface area contributed by atoms with E-state index in [0.29, 0.717) is 0 Å². The number of aryl methyl sites for hydroxylation is 1. The number of aromatic amines is 1. The highest BCUT2D eigenvalue weighted by Gasteiger charge is 2.32. The topological polar surface area (TPSA) is 150 Å². The number of nitrogens with one attached hydrogen (secondary N) is 1. The van der Waals surface area contributed by atoms with E-state index in [2.05, 4.69) is 9.97 Å². The summed E-state index contributed by atoms with van der Waals surface area (Å²) in [5.74, 6) is -0.886. The monoisotopic (exact) mass is 538 g/mol. The molecule has 0 atom stereocenters. The van der Waals surface area contributed by atoms with E-state index < -0.39 is 38.9 Å². The summed E-state index contributed by atoms with van der Waals surface area (Å²) in [6.07, 6.45) is 1.27. The second kappa shape index (κ2) is 10.1. The Hall–Kier alpha value is -4.05. The molecule has 0 spiro atoms. The molecule has 2 aromatic heterocycles. The van der Waals surface area contributed by atoms with Crippen LogP contribution in [0.25, 0.3) is 11.0 Å². The summed E-state index contributed by atoms with van der Waals surface area (Å²) in [7, 11) is -7.10. The molecule has 2 aromatic carbocycles. The van der Waals surface area contributed by atoms with Crippen molar-refractivity contribution >= 4 is 36.9 Å². The Bertz CT molecular complexity index is 1720. The fourth-order valence-electron chi connectivity index (χ4n) is 3.87. The van der Waals surface area contributed by atoms with Crippen molar-refractivity contribution in [2.45, 2.75) is 28.2 Å². The molecule has 0 unspecified atom stereocenters. The number of carbonyl (C=O) groups is 1. The smallest absolute Gasteiger partial charge is 0.340 e. The lowest BCUT2D eigenvalue weighted by Gasteiger charge is -2.19. The van der Waals surface area contributed by atoms with Gasteiger partial charge in [-0.25, -0.2) is 26.6 Å². The Morgan fingerprint density at radius 3 is 2.32 bits per heavy atom. The molecule has 0 saturated carbocycles. The molecule has 0 radical (unpaired) electrons. The van der Waals surface area contributed by atoms with Gasteiger partial charge in [0, 0.05) is 11.9 Å². The Morgan fingerprint density at radius 2 is 1.70 bits per heavy atom. The van der Waals surface area contributed by atoms with Gasteiger partial charge < -0.3 is 9.72 Å².